The van der Waals surface area contributed by atoms with Gasteiger partial charge in [0.2, 0.25) is 0 Å². The van der Waals surface area contributed by atoms with Crippen LogP contribution < -0.4 is 4.90 Å². The number of hydrogen-bond acceptors (Lipinski definition) is 4. The summed E-state index contributed by atoms with van der Waals surface area (Å²) >= 11 is 0. The lowest BCUT2D eigenvalue weighted by Crippen LogP contribution is -2.29. The zero-order valence-corrected chi connectivity index (χ0v) is 9.56. The van der Waals surface area contributed by atoms with E-state index in [4.69, 9.17) is 0 Å². The number of aryl methyl sites for hydroxylation is 1. The largest absolute Gasteiger partial charge is 0.350 e. The third-order valence-electron chi connectivity index (χ3n) is 2.91. The van der Waals surface area contributed by atoms with Gasteiger partial charge in [-0.1, -0.05) is 12.2 Å². The molecule has 0 amide bonds. The topological polar surface area (TPSA) is 52.8 Å². The molecule has 1 aromatic rings. The predicted molar refractivity (Wildman–Crippen MR) is 62.2 cm³/mol. The number of rotatable bonds is 1. The van der Waals surface area contributed by atoms with Crippen LogP contribution in [-0.4, -0.2) is 23.3 Å². The maximum absolute atomic E-state index is 9.19. The van der Waals surface area contributed by atoms with E-state index in [1.165, 1.54) is 0 Å². The minimum atomic E-state index is 0.655. The van der Waals surface area contributed by atoms with Crippen molar-refractivity contribution in [1.29, 1.82) is 5.26 Å². The molecule has 1 aliphatic rings. The van der Waals surface area contributed by atoms with Gasteiger partial charge in [0, 0.05) is 13.1 Å². The normalized spacial score (nSPS) is 14.9. The van der Waals surface area contributed by atoms with E-state index >= 15 is 0 Å². The Kier molecular flexibility index (Phi) is 2.86. The van der Waals surface area contributed by atoms with E-state index in [0.29, 0.717) is 5.56 Å². The van der Waals surface area contributed by atoms with E-state index in [0.717, 1.165) is 36.6 Å². The van der Waals surface area contributed by atoms with Gasteiger partial charge in [-0.25, -0.2) is 0 Å². The highest BCUT2D eigenvalue weighted by Gasteiger charge is 2.17. The molecule has 0 fully saturated rings. The molecular formula is C12H14N4. The van der Waals surface area contributed by atoms with E-state index in [2.05, 4.69) is 33.3 Å². The second-order valence-electron chi connectivity index (χ2n) is 3.93. The van der Waals surface area contributed by atoms with Gasteiger partial charge in [0.1, 0.15) is 11.6 Å². The summed E-state index contributed by atoms with van der Waals surface area (Å²) in [5, 5.41) is 17.4. The molecule has 0 N–H and O–H groups in total. The molecule has 0 saturated carbocycles. The van der Waals surface area contributed by atoms with Gasteiger partial charge < -0.3 is 4.90 Å². The standard InChI is InChI=1S/C12H14N4/c1-9-10(2)14-15-12(11(9)8-13)16-6-4-3-5-7-16/h3-4H,5-7H2,1-2H3. The molecule has 0 radical (unpaired) electrons. The van der Waals surface area contributed by atoms with E-state index in [-0.39, 0.29) is 0 Å². The average Bonchev–Trinajstić information content (AvgIpc) is 2.33. The molecule has 1 aliphatic heterocycles. The molecule has 0 bridgehead atoms. The zero-order valence-electron chi connectivity index (χ0n) is 9.56. The van der Waals surface area contributed by atoms with Crippen LogP contribution in [-0.2, 0) is 0 Å². The Hall–Kier alpha value is -1.89. The molecule has 4 heteroatoms. The van der Waals surface area contributed by atoms with Crippen molar-refractivity contribution in [3.63, 3.8) is 0 Å². The van der Waals surface area contributed by atoms with Crippen molar-refractivity contribution in [1.82, 2.24) is 10.2 Å². The first kappa shape index (κ1) is 10.6. The van der Waals surface area contributed by atoms with Crippen molar-refractivity contribution >= 4 is 5.82 Å². The SMILES string of the molecule is Cc1nnc(N2CC=CCC2)c(C#N)c1C. The minimum absolute atomic E-state index is 0.655. The Bertz CT molecular complexity index is 471. The van der Waals surface area contributed by atoms with E-state index in [1.807, 2.05) is 13.8 Å². The molecule has 2 heterocycles. The lowest BCUT2D eigenvalue weighted by molar-refractivity contribution is 0.782. The molecule has 4 nitrogen and oxygen atoms in total. The summed E-state index contributed by atoms with van der Waals surface area (Å²) in [6.07, 6.45) is 5.25. The van der Waals surface area contributed by atoms with Crippen molar-refractivity contribution < 1.29 is 0 Å². The number of anilines is 1. The summed E-state index contributed by atoms with van der Waals surface area (Å²) in [6.45, 7) is 5.52. The van der Waals surface area contributed by atoms with Gasteiger partial charge >= 0.3 is 0 Å². The lowest BCUT2D eigenvalue weighted by Gasteiger charge is -2.25. The van der Waals surface area contributed by atoms with E-state index in [9.17, 15) is 5.26 Å². The summed E-state index contributed by atoms with van der Waals surface area (Å²) in [4.78, 5) is 2.10. The molecule has 0 spiro atoms. The fraction of sp³-hybridized carbons (Fsp3) is 0.417. The second kappa shape index (κ2) is 4.31. The van der Waals surface area contributed by atoms with Gasteiger partial charge in [0.15, 0.2) is 5.82 Å². The molecule has 0 aliphatic carbocycles. The van der Waals surface area contributed by atoms with Crippen LogP contribution in [0.3, 0.4) is 0 Å². The Labute approximate surface area is 95.2 Å². The zero-order chi connectivity index (χ0) is 11.5. The second-order valence-corrected chi connectivity index (χ2v) is 3.93. The predicted octanol–water partition coefficient (Wildman–Crippen LogP) is 1.73. The van der Waals surface area contributed by atoms with Crippen molar-refractivity contribution in [2.75, 3.05) is 18.0 Å². The number of nitrogens with zero attached hydrogens (tertiary/aromatic N) is 4. The monoisotopic (exact) mass is 214 g/mol. The van der Waals surface area contributed by atoms with Crippen LogP contribution in [0.25, 0.3) is 0 Å². The van der Waals surface area contributed by atoms with Crippen LogP contribution in [0.4, 0.5) is 5.82 Å². The lowest BCUT2D eigenvalue weighted by atomic mass is 10.1. The molecule has 0 saturated heterocycles. The van der Waals surface area contributed by atoms with E-state index in [1.54, 1.807) is 0 Å². The number of aromatic nitrogens is 2. The third kappa shape index (κ3) is 1.76. The van der Waals surface area contributed by atoms with Gasteiger partial charge in [-0.3, -0.25) is 0 Å². The van der Waals surface area contributed by atoms with Crippen LogP contribution in [0.1, 0.15) is 23.2 Å². The smallest absolute Gasteiger partial charge is 0.169 e. The van der Waals surface area contributed by atoms with Crippen LogP contribution in [0.5, 0.6) is 0 Å². The molecule has 0 unspecified atom stereocenters. The highest BCUT2D eigenvalue weighted by molar-refractivity contribution is 5.58. The molecular weight excluding hydrogens is 200 g/mol. The fourth-order valence-electron chi connectivity index (χ4n) is 1.78. The number of hydrogen-bond donors (Lipinski definition) is 0. The van der Waals surface area contributed by atoms with Crippen LogP contribution in [0.15, 0.2) is 12.2 Å². The Morgan fingerprint density at radius 1 is 1.31 bits per heavy atom. The van der Waals surface area contributed by atoms with Crippen molar-refractivity contribution in [3.05, 3.63) is 29.0 Å². The van der Waals surface area contributed by atoms with Gasteiger partial charge in [-0.2, -0.15) is 10.4 Å². The summed E-state index contributed by atoms with van der Waals surface area (Å²) in [5.41, 5.74) is 2.41. The Morgan fingerprint density at radius 3 is 2.75 bits per heavy atom. The first-order valence-corrected chi connectivity index (χ1v) is 5.38. The van der Waals surface area contributed by atoms with Crippen LogP contribution >= 0.6 is 0 Å². The molecule has 1 aromatic heterocycles. The average molecular weight is 214 g/mol. The molecule has 0 atom stereocenters. The first-order valence-electron chi connectivity index (χ1n) is 5.38. The maximum Gasteiger partial charge on any atom is 0.169 e. The first-order chi connectivity index (χ1) is 7.74. The molecule has 82 valence electrons. The minimum Gasteiger partial charge on any atom is -0.350 e. The molecule has 2 rings (SSSR count). The van der Waals surface area contributed by atoms with Gasteiger partial charge in [0.25, 0.3) is 0 Å². The number of nitriles is 1. The van der Waals surface area contributed by atoms with Gasteiger partial charge in [0.05, 0.1) is 5.69 Å². The van der Waals surface area contributed by atoms with Gasteiger partial charge in [-0.15, -0.1) is 5.10 Å². The van der Waals surface area contributed by atoms with Crippen molar-refractivity contribution in [3.8, 4) is 6.07 Å². The quantitative estimate of drug-likeness (QED) is 0.668. The Morgan fingerprint density at radius 2 is 2.12 bits per heavy atom. The van der Waals surface area contributed by atoms with Crippen LogP contribution in [0.2, 0.25) is 0 Å². The summed E-state index contributed by atoms with van der Waals surface area (Å²) < 4.78 is 0. The highest BCUT2D eigenvalue weighted by Crippen LogP contribution is 2.22. The van der Waals surface area contributed by atoms with Crippen LogP contribution in [0, 0.1) is 25.2 Å². The molecule has 0 aromatic carbocycles. The van der Waals surface area contributed by atoms with Crippen molar-refractivity contribution in [2.24, 2.45) is 0 Å². The maximum atomic E-state index is 9.19. The summed E-state index contributed by atoms with van der Waals surface area (Å²) in [7, 11) is 0. The summed E-state index contributed by atoms with van der Waals surface area (Å²) in [6, 6.07) is 2.23. The Balaban J connectivity index is 2.45. The third-order valence-corrected chi connectivity index (χ3v) is 2.91. The highest BCUT2D eigenvalue weighted by atomic mass is 15.3. The fourth-order valence-corrected chi connectivity index (χ4v) is 1.78. The molecule has 16 heavy (non-hydrogen) atoms. The van der Waals surface area contributed by atoms with Gasteiger partial charge in [-0.05, 0) is 25.8 Å². The van der Waals surface area contributed by atoms with E-state index < -0.39 is 0 Å². The summed E-state index contributed by atoms with van der Waals surface area (Å²) in [5.74, 6) is 0.718. The van der Waals surface area contributed by atoms with Crippen molar-refractivity contribution in [2.45, 2.75) is 20.3 Å².